The number of hydrogen-bond donors (Lipinski definition) is 0. The summed E-state index contributed by atoms with van der Waals surface area (Å²) in [6.07, 6.45) is 6.74. The largest absolute Gasteiger partial charge is 0.485 e. The molecule has 15 heavy (non-hydrogen) atoms. The van der Waals surface area contributed by atoms with E-state index in [2.05, 4.69) is 6.58 Å². The maximum Gasteiger partial charge on any atom is 0.172 e. The van der Waals surface area contributed by atoms with Crippen LogP contribution in [0.25, 0.3) is 0 Å². The van der Waals surface area contributed by atoms with Gasteiger partial charge >= 0.3 is 0 Å². The van der Waals surface area contributed by atoms with Gasteiger partial charge < -0.3 is 9.47 Å². The molecule has 0 aromatic carbocycles. The predicted molar refractivity (Wildman–Crippen MR) is 62.9 cm³/mol. The highest BCUT2D eigenvalue weighted by molar-refractivity contribution is 7.08. The molecule has 2 heterocycles. The van der Waals surface area contributed by atoms with Crippen molar-refractivity contribution in [1.29, 1.82) is 0 Å². The molecule has 3 heteroatoms. The molecule has 0 aliphatic carbocycles. The predicted octanol–water partition coefficient (Wildman–Crippen LogP) is 3.63. The van der Waals surface area contributed by atoms with E-state index < -0.39 is 0 Å². The van der Waals surface area contributed by atoms with Crippen LogP contribution in [0.2, 0.25) is 0 Å². The van der Waals surface area contributed by atoms with Crippen molar-refractivity contribution < 1.29 is 9.47 Å². The van der Waals surface area contributed by atoms with E-state index in [1.807, 2.05) is 16.8 Å². The lowest BCUT2D eigenvalue weighted by Crippen LogP contribution is -2.28. The van der Waals surface area contributed by atoms with E-state index in [-0.39, 0.29) is 6.10 Å². The first-order valence-corrected chi connectivity index (χ1v) is 6.31. The molecule has 1 unspecified atom stereocenters. The quantitative estimate of drug-likeness (QED) is 0.561. The Morgan fingerprint density at radius 3 is 3.13 bits per heavy atom. The summed E-state index contributed by atoms with van der Waals surface area (Å²) in [5, 5.41) is 3.99. The average Bonchev–Trinajstić information content (AvgIpc) is 2.71. The van der Waals surface area contributed by atoms with Gasteiger partial charge in [-0.2, -0.15) is 0 Å². The minimum Gasteiger partial charge on any atom is -0.485 e. The molecular formula is C12H16O2S. The molecular weight excluding hydrogens is 208 g/mol. The minimum absolute atomic E-state index is 0.233. The first-order chi connectivity index (χ1) is 7.40. The van der Waals surface area contributed by atoms with Crippen LogP contribution in [-0.4, -0.2) is 12.7 Å². The number of unbranched alkanes of at least 4 members (excludes halogenated alkanes) is 2. The van der Waals surface area contributed by atoms with Gasteiger partial charge in [0.05, 0.1) is 0 Å². The van der Waals surface area contributed by atoms with Crippen molar-refractivity contribution in [2.24, 2.45) is 0 Å². The number of hydrogen-bond acceptors (Lipinski definition) is 3. The zero-order valence-electron chi connectivity index (χ0n) is 8.78. The summed E-state index contributed by atoms with van der Waals surface area (Å²) in [4.78, 5) is 0. The topological polar surface area (TPSA) is 18.5 Å². The van der Waals surface area contributed by atoms with Crippen molar-refractivity contribution in [1.82, 2.24) is 0 Å². The molecule has 0 saturated heterocycles. The maximum absolute atomic E-state index is 5.81. The van der Waals surface area contributed by atoms with Crippen LogP contribution >= 0.6 is 11.3 Å². The Bertz CT molecular complexity index is 319. The highest BCUT2D eigenvalue weighted by atomic mass is 32.1. The molecule has 1 aromatic heterocycles. The Morgan fingerprint density at radius 2 is 2.27 bits per heavy atom. The second-order valence-electron chi connectivity index (χ2n) is 3.72. The number of thiophene rings is 1. The summed E-state index contributed by atoms with van der Waals surface area (Å²) >= 11 is 1.63. The van der Waals surface area contributed by atoms with Gasteiger partial charge in [0, 0.05) is 10.8 Å². The lowest BCUT2D eigenvalue weighted by Gasteiger charge is -2.24. The van der Waals surface area contributed by atoms with Crippen LogP contribution in [0.4, 0.5) is 0 Å². The molecule has 1 aromatic rings. The maximum atomic E-state index is 5.81. The van der Waals surface area contributed by atoms with Gasteiger partial charge in [0.25, 0.3) is 0 Å². The summed E-state index contributed by atoms with van der Waals surface area (Å²) in [6.45, 7) is 4.41. The summed E-state index contributed by atoms with van der Waals surface area (Å²) in [5.41, 5.74) is 0. The van der Waals surface area contributed by atoms with Crippen LogP contribution in [-0.2, 0) is 0 Å². The first-order valence-electron chi connectivity index (χ1n) is 5.36. The summed E-state index contributed by atoms with van der Waals surface area (Å²) < 4.78 is 11.4. The summed E-state index contributed by atoms with van der Waals surface area (Å²) in [6, 6.07) is 0. The Kier molecular flexibility index (Phi) is 3.67. The van der Waals surface area contributed by atoms with E-state index in [9.17, 15) is 0 Å². The third kappa shape index (κ3) is 2.75. The molecule has 82 valence electrons. The average molecular weight is 224 g/mol. The Hall–Kier alpha value is -0.960. The number of fused-ring (bicyclic) bond motifs is 1. The molecule has 0 amide bonds. The van der Waals surface area contributed by atoms with Crippen LogP contribution in [0.1, 0.15) is 25.7 Å². The SMILES string of the molecule is C=CCCCCC1COc2cscc2O1. The van der Waals surface area contributed by atoms with Crippen molar-refractivity contribution in [3.8, 4) is 11.5 Å². The van der Waals surface area contributed by atoms with E-state index in [0.29, 0.717) is 6.61 Å². The van der Waals surface area contributed by atoms with E-state index in [0.717, 1.165) is 24.3 Å². The van der Waals surface area contributed by atoms with Gasteiger partial charge in [0.2, 0.25) is 0 Å². The Morgan fingerprint density at radius 1 is 1.40 bits per heavy atom. The Labute approximate surface area is 94.5 Å². The zero-order chi connectivity index (χ0) is 10.5. The molecule has 1 aliphatic heterocycles. The highest BCUT2D eigenvalue weighted by Crippen LogP contribution is 2.35. The van der Waals surface area contributed by atoms with Gasteiger partial charge in [-0.05, 0) is 25.7 Å². The molecule has 0 spiro atoms. The number of allylic oxidation sites excluding steroid dienone is 1. The smallest absolute Gasteiger partial charge is 0.172 e. The molecule has 0 bridgehead atoms. The second-order valence-corrected chi connectivity index (χ2v) is 4.47. The van der Waals surface area contributed by atoms with Gasteiger partial charge in [-0.15, -0.1) is 17.9 Å². The minimum atomic E-state index is 0.233. The van der Waals surface area contributed by atoms with E-state index in [4.69, 9.17) is 9.47 Å². The lowest BCUT2D eigenvalue weighted by atomic mass is 10.1. The van der Waals surface area contributed by atoms with Gasteiger partial charge in [-0.1, -0.05) is 6.08 Å². The van der Waals surface area contributed by atoms with Gasteiger partial charge in [0.1, 0.15) is 12.7 Å². The van der Waals surface area contributed by atoms with Crippen LogP contribution in [0.3, 0.4) is 0 Å². The monoisotopic (exact) mass is 224 g/mol. The van der Waals surface area contributed by atoms with Crippen LogP contribution in [0.15, 0.2) is 23.4 Å². The molecule has 0 N–H and O–H groups in total. The fraction of sp³-hybridized carbons (Fsp3) is 0.500. The molecule has 0 fully saturated rings. The fourth-order valence-electron chi connectivity index (χ4n) is 1.66. The fourth-order valence-corrected chi connectivity index (χ4v) is 2.34. The van der Waals surface area contributed by atoms with Gasteiger partial charge in [0.15, 0.2) is 11.5 Å². The third-order valence-electron chi connectivity index (χ3n) is 2.50. The zero-order valence-corrected chi connectivity index (χ0v) is 9.59. The third-order valence-corrected chi connectivity index (χ3v) is 3.20. The molecule has 2 nitrogen and oxygen atoms in total. The highest BCUT2D eigenvalue weighted by Gasteiger charge is 2.20. The molecule has 1 atom stereocenters. The number of rotatable bonds is 5. The summed E-state index contributed by atoms with van der Waals surface area (Å²) in [7, 11) is 0. The molecule has 2 rings (SSSR count). The molecule has 1 aliphatic rings. The van der Waals surface area contributed by atoms with E-state index >= 15 is 0 Å². The number of ether oxygens (including phenoxy) is 2. The van der Waals surface area contributed by atoms with Crippen LogP contribution in [0.5, 0.6) is 11.5 Å². The van der Waals surface area contributed by atoms with Crippen LogP contribution in [0, 0.1) is 0 Å². The normalized spacial score (nSPS) is 18.8. The van der Waals surface area contributed by atoms with Crippen molar-refractivity contribution >= 4 is 11.3 Å². The van der Waals surface area contributed by atoms with Crippen molar-refractivity contribution in [3.05, 3.63) is 23.4 Å². The van der Waals surface area contributed by atoms with Gasteiger partial charge in [-0.3, -0.25) is 0 Å². The molecule has 0 saturated carbocycles. The lowest BCUT2D eigenvalue weighted by molar-refractivity contribution is 0.0844. The first kappa shape index (κ1) is 10.6. The van der Waals surface area contributed by atoms with Gasteiger partial charge in [-0.25, -0.2) is 0 Å². The Balaban J connectivity index is 1.75. The van der Waals surface area contributed by atoms with E-state index in [1.54, 1.807) is 11.3 Å². The molecule has 0 radical (unpaired) electrons. The van der Waals surface area contributed by atoms with Crippen molar-refractivity contribution in [2.75, 3.05) is 6.61 Å². The second kappa shape index (κ2) is 5.21. The van der Waals surface area contributed by atoms with Crippen molar-refractivity contribution in [2.45, 2.75) is 31.8 Å². The standard InChI is InChI=1S/C12H16O2S/c1-2-3-4-5-6-10-7-13-11-8-15-9-12(11)14-10/h2,8-10H,1,3-7H2. The van der Waals surface area contributed by atoms with Crippen LogP contribution < -0.4 is 9.47 Å². The summed E-state index contributed by atoms with van der Waals surface area (Å²) in [5.74, 6) is 1.82. The van der Waals surface area contributed by atoms with E-state index in [1.165, 1.54) is 12.8 Å². The van der Waals surface area contributed by atoms with Crippen molar-refractivity contribution in [3.63, 3.8) is 0 Å².